The standard InChI is InChI=1S/C27H51NO/c1-4-5-6-7-8-9-10-11-12-13-14-15-16-17-24(2)20-21-29-27-19-18-25(3)22-26(27)23-28/h24-27H,4-22H2,1-3H3. The second kappa shape index (κ2) is 18.2. The molecule has 0 aromatic carbocycles. The second-order valence-electron chi connectivity index (χ2n) is 9.99. The van der Waals surface area contributed by atoms with Gasteiger partial charge in [0.2, 0.25) is 0 Å². The van der Waals surface area contributed by atoms with E-state index in [4.69, 9.17) is 4.74 Å². The Hall–Kier alpha value is -0.550. The third-order valence-electron chi connectivity index (χ3n) is 6.96. The zero-order chi connectivity index (χ0) is 21.2. The van der Waals surface area contributed by atoms with Crippen molar-refractivity contribution in [1.29, 1.82) is 5.26 Å². The monoisotopic (exact) mass is 405 g/mol. The Morgan fingerprint density at radius 3 is 1.93 bits per heavy atom. The van der Waals surface area contributed by atoms with Crippen LogP contribution in [0.1, 0.15) is 136 Å². The fourth-order valence-electron chi connectivity index (χ4n) is 4.76. The zero-order valence-corrected chi connectivity index (χ0v) is 20.1. The van der Waals surface area contributed by atoms with Crippen LogP contribution in [0.25, 0.3) is 0 Å². The Morgan fingerprint density at radius 2 is 1.38 bits per heavy atom. The normalized spacial score (nSPS) is 23.0. The van der Waals surface area contributed by atoms with E-state index in [-0.39, 0.29) is 12.0 Å². The van der Waals surface area contributed by atoms with Gasteiger partial charge in [0.25, 0.3) is 0 Å². The molecule has 2 heteroatoms. The first-order valence-corrected chi connectivity index (χ1v) is 13.2. The lowest BCUT2D eigenvalue weighted by Gasteiger charge is -2.31. The Kier molecular flexibility index (Phi) is 16.7. The highest BCUT2D eigenvalue weighted by atomic mass is 16.5. The van der Waals surface area contributed by atoms with Crippen molar-refractivity contribution in [3.8, 4) is 6.07 Å². The number of rotatable bonds is 18. The van der Waals surface area contributed by atoms with Crippen LogP contribution >= 0.6 is 0 Å². The molecule has 29 heavy (non-hydrogen) atoms. The van der Waals surface area contributed by atoms with Crippen molar-refractivity contribution in [2.75, 3.05) is 6.61 Å². The first kappa shape index (κ1) is 26.5. The topological polar surface area (TPSA) is 33.0 Å². The first-order valence-electron chi connectivity index (χ1n) is 13.2. The lowest BCUT2D eigenvalue weighted by Crippen LogP contribution is -2.30. The molecular weight excluding hydrogens is 354 g/mol. The molecule has 0 N–H and O–H groups in total. The van der Waals surface area contributed by atoms with E-state index in [1.807, 2.05) is 0 Å². The highest BCUT2D eigenvalue weighted by Crippen LogP contribution is 2.31. The van der Waals surface area contributed by atoms with Gasteiger partial charge < -0.3 is 4.74 Å². The van der Waals surface area contributed by atoms with Gasteiger partial charge in [0.15, 0.2) is 0 Å². The number of unbranched alkanes of at least 4 members (excludes halogenated alkanes) is 12. The summed E-state index contributed by atoms with van der Waals surface area (Å²) in [6, 6.07) is 2.48. The summed E-state index contributed by atoms with van der Waals surface area (Å²) in [7, 11) is 0. The van der Waals surface area contributed by atoms with E-state index in [9.17, 15) is 5.26 Å². The molecular formula is C27H51NO. The minimum absolute atomic E-state index is 0.120. The molecule has 0 saturated heterocycles. The van der Waals surface area contributed by atoms with Crippen molar-refractivity contribution >= 4 is 0 Å². The Bertz CT molecular complexity index is 402. The highest BCUT2D eigenvalue weighted by Gasteiger charge is 2.29. The molecule has 1 aliphatic rings. The van der Waals surface area contributed by atoms with E-state index in [0.29, 0.717) is 5.92 Å². The SMILES string of the molecule is CCCCCCCCCCCCCCCC(C)CCOC1CCC(C)CC1C#N. The molecule has 1 rings (SSSR count). The summed E-state index contributed by atoms with van der Waals surface area (Å²) in [6.45, 7) is 7.77. The van der Waals surface area contributed by atoms with E-state index in [0.717, 1.165) is 31.8 Å². The molecule has 1 fully saturated rings. The molecule has 0 bridgehead atoms. The van der Waals surface area contributed by atoms with Gasteiger partial charge in [0, 0.05) is 6.61 Å². The quantitative estimate of drug-likeness (QED) is 0.213. The molecule has 0 aromatic heterocycles. The van der Waals surface area contributed by atoms with Crippen molar-refractivity contribution in [3.63, 3.8) is 0 Å². The molecule has 1 saturated carbocycles. The van der Waals surface area contributed by atoms with Gasteiger partial charge in [-0.15, -0.1) is 0 Å². The maximum atomic E-state index is 9.34. The average molecular weight is 406 g/mol. The summed E-state index contributed by atoms with van der Waals surface area (Å²) in [4.78, 5) is 0. The van der Waals surface area contributed by atoms with Crippen molar-refractivity contribution in [3.05, 3.63) is 0 Å². The van der Waals surface area contributed by atoms with E-state index >= 15 is 0 Å². The minimum Gasteiger partial charge on any atom is -0.377 e. The van der Waals surface area contributed by atoms with Crippen molar-refractivity contribution in [1.82, 2.24) is 0 Å². The third-order valence-corrected chi connectivity index (χ3v) is 6.96. The van der Waals surface area contributed by atoms with E-state index in [1.54, 1.807) is 0 Å². The number of nitrogens with zero attached hydrogens (tertiary/aromatic N) is 1. The van der Waals surface area contributed by atoms with Gasteiger partial charge in [-0.2, -0.15) is 5.26 Å². The van der Waals surface area contributed by atoms with Gasteiger partial charge >= 0.3 is 0 Å². The van der Waals surface area contributed by atoms with E-state index in [2.05, 4.69) is 26.8 Å². The summed E-state index contributed by atoms with van der Waals surface area (Å²) in [5, 5.41) is 9.34. The summed E-state index contributed by atoms with van der Waals surface area (Å²) >= 11 is 0. The summed E-state index contributed by atoms with van der Waals surface area (Å²) in [5.74, 6) is 1.56. The van der Waals surface area contributed by atoms with Gasteiger partial charge in [-0.25, -0.2) is 0 Å². The van der Waals surface area contributed by atoms with Gasteiger partial charge in [-0.3, -0.25) is 0 Å². The van der Waals surface area contributed by atoms with Crippen LogP contribution in [-0.4, -0.2) is 12.7 Å². The summed E-state index contributed by atoms with van der Waals surface area (Å²) < 4.78 is 6.10. The maximum Gasteiger partial charge on any atom is 0.0733 e. The third kappa shape index (κ3) is 14.1. The predicted molar refractivity (Wildman–Crippen MR) is 126 cm³/mol. The summed E-state index contributed by atoms with van der Waals surface area (Å²) in [6.07, 6.45) is 24.6. The van der Waals surface area contributed by atoms with Crippen LogP contribution in [0.3, 0.4) is 0 Å². The van der Waals surface area contributed by atoms with Crippen molar-refractivity contribution in [2.45, 2.75) is 142 Å². The smallest absolute Gasteiger partial charge is 0.0733 e. The Balaban J connectivity index is 1.86. The maximum absolute atomic E-state index is 9.34. The Morgan fingerprint density at radius 1 is 0.828 bits per heavy atom. The lowest BCUT2D eigenvalue weighted by molar-refractivity contribution is -0.00889. The average Bonchev–Trinajstić information content (AvgIpc) is 2.72. The second-order valence-corrected chi connectivity index (χ2v) is 9.99. The van der Waals surface area contributed by atoms with Crippen molar-refractivity contribution in [2.24, 2.45) is 17.8 Å². The van der Waals surface area contributed by atoms with Crippen molar-refractivity contribution < 1.29 is 4.74 Å². The van der Waals surface area contributed by atoms with E-state index < -0.39 is 0 Å². The van der Waals surface area contributed by atoms with Gasteiger partial charge in [0.05, 0.1) is 18.1 Å². The van der Waals surface area contributed by atoms with Crippen LogP contribution in [-0.2, 0) is 4.74 Å². The lowest BCUT2D eigenvalue weighted by atomic mass is 9.81. The van der Waals surface area contributed by atoms with Crippen LogP contribution in [0.2, 0.25) is 0 Å². The number of hydrogen-bond acceptors (Lipinski definition) is 2. The molecule has 0 spiro atoms. The summed E-state index contributed by atoms with van der Waals surface area (Å²) in [5.41, 5.74) is 0. The van der Waals surface area contributed by atoms with Gasteiger partial charge in [-0.05, 0) is 37.5 Å². The molecule has 1 aliphatic carbocycles. The first-order chi connectivity index (χ1) is 14.2. The molecule has 0 radical (unpaired) electrons. The van der Waals surface area contributed by atoms with Crippen LogP contribution in [0.15, 0.2) is 0 Å². The molecule has 4 atom stereocenters. The number of nitriles is 1. The number of ether oxygens (including phenoxy) is 1. The van der Waals surface area contributed by atoms with Gasteiger partial charge in [-0.1, -0.05) is 111 Å². The molecule has 4 unspecified atom stereocenters. The molecule has 0 amide bonds. The number of hydrogen-bond donors (Lipinski definition) is 0. The molecule has 0 aliphatic heterocycles. The molecule has 0 aromatic rings. The highest BCUT2D eigenvalue weighted by molar-refractivity contribution is 4.93. The van der Waals surface area contributed by atoms with Crippen LogP contribution < -0.4 is 0 Å². The van der Waals surface area contributed by atoms with Crippen LogP contribution in [0.5, 0.6) is 0 Å². The van der Waals surface area contributed by atoms with Crippen LogP contribution in [0.4, 0.5) is 0 Å². The molecule has 2 nitrogen and oxygen atoms in total. The minimum atomic E-state index is 0.120. The van der Waals surface area contributed by atoms with Crippen LogP contribution in [0, 0.1) is 29.1 Å². The zero-order valence-electron chi connectivity index (χ0n) is 20.1. The largest absolute Gasteiger partial charge is 0.377 e. The van der Waals surface area contributed by atoms with Gasteiger partial charge in [0.1, 0.15) is 0 Å². The fourth-order valence-corrected chi connectivity index (χ4v) is 4.76. The molecule has 170 valence electrons. The predicted octanol–water partition coefficient (Wildman–Crippen LogP) is 8.84. The molecule has 0 heterocycles. The Labute approximate surface area is 183 Å². The van der Waals surface area contributed by atoms with E-state index in [1.165, 1.54) is 96.3 Å². The fraction of sp³-hybridized carbons (Fsp3) is 0.963.